The summed E-state index contributed by atoms with van der Waals surface area (Å²) >= 11 is 2.02. The molecule has 19 heavy (non-hydrogen) atoms. The number of hydrogen-bond acceptors (Lipinski definition) is 6. The minimum Gasteiger partial charge on any atom is -0.367 e. The van der Waals surface area contributed by atoms with Gasteiger partial charge in [-0.15, -0.1) is 0 Å². The van der Waals surface area contributed by atoms with E-state index in [9.17, 15) is 0 Å². The molecule has 0 unspecified atom stereocenters. The molecule has 5 nitrogen and oxygen atoms in total. The lowest BCUT2D eigenvalue weighted by Crippen LogP contribution is -2.36. The van der Waals surface area contributed by atoms with E-state index in [1.54, 1.807) is 6.33 Å². The molecule has 0 aromatic carbocycles. The number of nitrogens with one attached hydrogen (secondary N) is 2. The van der Waals surface area contributed by atoms with Gasteiger partial charge in [-0.2, -0.15) is 11.8 Å². The van der Waals surface area contributed by atoms with E-state index < -0.39 is 0 Å². The van der Waals surface area contributed by atoms with Crippen LogP contribution in [0.5, 0.6) is 0 Å². The maximum atomic E-state index is 4.41. The number of thioether (sulfide) groups is 1. The standard InChI is InChI=1S/C13H21N5S/c1-3-14-4-2-11(1)17-12-9-13(16-10-15-12)18-5-7-19-8-6-18/h9-11,14H,1-8H2,(H,15,16,17). The number of nitrogens with zero attached hydrogens (tertiary/aromatic N) is 3. The molecular weight excluding hydrogens is 258 g/mol. The number of piperidine rings is 1. The quantitative estimate of drug-likeness (QED) is 0.867. The van der Waals surface area contributed by atoms with Crippen LogP contribution in [0.4, 0.5) is 11.6 Å². The zero-order valence-electron chi connectivity index (χ0n) is 11.1. The average Bonchev–Trinajstić information content (AvgIpc) is 2.49. The van der Waals surface area contributed by atoms with Crippen LogP contribution < -0.4 is 15.5 Å². The molecular formula is C13H21N5S. The largest absolute Gasteiger partial charge is 0.367 e. The van der Waals surface area contributed by atoms with Crippen LogP contribution in [-0.4, -0.2) is 53.7 Å². The van der Waals surface area contributed by atoms with Gasteiger partial charge in [-0.05, 0) is 25.9 Å². The smallest absolute Gasteiger partial charge is 0.134 e. The number of hydrogen-bond donors (Lipinski definition) is 2. The molecule has 0 aliphatic carbocycles. The molecule has 2 aliphatic rings. The second kappa shape index (κ2) is 6.43. The Hall–Kier alpha value is -1.01. The highest BCUT2D eigenvalue weighted by molar-refractivity contribution is 7.99. The van der Waals surface area contributed by atoms with Crippen LogP contribution in [0.1, 0.15) is 12.8 Å². The summed E-state index contributed by atoms with van der Waals surface area (Å²) < 4.78 is 0. The summed E-state index contributed by atoms with van der Waals surface area (Å²) in [5.41, 5.74) is 0. The van der Waals surface area contributed by atoms with Crippen molar-refractivity contribution in [2.24, 2.45) is 0 Å². The van der Waals surface area contributed by atoms with E-state index in [0.29, 0.717) is 6.04 Å². The Kier molecular flexibility index (Phi) is 4.40. The molecule has 1 aromatic rings. The normalized spacial score (nSPS) is 21.4. The SMILES string of the molecule is c1nc(NC2CCNCC2)cc(N2CCSCC2)n1. The third-order valence-electron chi connectivity index (χ3n) is 3.68. The van der Waals surface area contributed by atoms with E-state index in [4.69, 9.17) is 0 Å². The molecule has 6 heteroatoms. The molecule has 0 atom stereocenters. The van der Waals surface area contributed by atoms with Crippen LogP contribution in [0.15, 0.2) is 12.4 Å². The fourth-order valence-electron chi connectivity index (χ4n) is 2.57. The van der Waals surface area contributed by atoms with Gasteiger partial charge in [0.1, 0.15) is 18.0 Å². The molecule has 3 rings (SSSR count). The summed E-state index contributed by atoms with van der Waals surface area (Å²) in [6.45, 7) is 4.38. The molecule has 2 aliphatic heterocycles. The van der Waals surface area contributed by atoms with E-state index in [-0.39, 0.29) is 0 Å². The highest BCUT2D eigenvalue weighted by Crippen LogP contribution is 2.20. The first-order chi connectivity index (χ1) is 9.42. The van der Waals surface area contributed by atoms with Crippen LogP contribution >= 0.6 is 11.8 Å². The van der Waals surface area contributed by atoms with Gasteiger partial charge in [0.2, 0.25) is 0 Å². The van der Waals surface area contributed by atoms with Crippen molar-refractivity contribution in [2.45, 2.75) is 18.9 Å². The Morgan fingerprint density at radius 1 is 1.21 bits per heavy atom. The van der Waals surface area contributed by atoms with Gasteiger partial charge in [-0.3, -0.25) is 0 Å². The van der Waals surface area contributed by atoms with E-state index in [1.807, 2.05) is 11.8 Å². The van der Waals surface area contributed by atoms with E-state index >= 15 is 0 Å². The Balaban J connectivity index is 1.64. The number of rotatable bonds is 3. The first kappa shape index (κ1) is 13.0. The van der Waals surface area contributed by atoms with Crippen LogP contribution in [0, 0.1) is 0 Å². The van der Waals surface area contributed by atoms with Gasteiger partial charge in [0.25, 0.3) is 0 Å². The van der Waals surface area contributed by atoms with Crippen molar-refractivity contribution < 1.29 is 0 Å². The third-order valence-corrected chi connectivity index (χ3v) is 4.62. The highest BCUT2D eigenvalue weighted by atomic mass is 32.2. The summed E-state index contributed by atoms with van der Waals surface area (Å²) in [6, 6.07) is 2.64. The number of anilines is 2. The zero-order valence-corrected chi connectivity index (χ0v) is 12.0. The molecule has 0 amide bonds. The fraction of sp³-hybridized carbons (Fsp3) is 0.692. The number of aromatic nitrogens is 2. The Morgan fingerprint density at radius 2 is 2.00 bits per heavy atom. The van der Waals surface area contributed by atoms with Crippen molar-refractivity contribution in [2.75, 3.05) is 47.9 Å². The third kappa shape index (κ3) is 3.51. The van der Waals surface area contributed by atoms with Crippen LogP contribution in [0.3, 0.4) is 0 Å². The summed E-state index contributed by atoms with van der Waals surface area (Å²) in [5, 5.41) is 6.92. The van der Waals surface area contributed by atoms with Gasteiger partial charge in [-0.25, -0.2) is 9.97 Å². The topological polar surface area (TPSA) is 53.1 Å². The molecule has 2 N–H and O–H groups in total. The van der Waals surface area contributed by atoms with Gasteiger partial charge >= 0.3 is 0 Å². The lowest BCUT2D eigenvalue weighted by Gasteiger charge is -2.28. The van der Waals surface area contributed by atoms with Gasteiger partial charge in [0, 0.05) is 36.7 Å². The summed E-state index contributed by atoms with van der Waals surface area (Å²) in [7, 11) is 0. The molecule has 0 spiro atoms. The van der Waals surface area contributed by atoms with Gasteiger partial charge in [-0.1, -0.05) is 0 Å². The van der Waals surface area contributed by atoms with Crippen LogP contribution in [0.2, 0.25) is 0 Å². The van der Waals surface area contributed by atoms with Crippen molar-refractivity contribution in [3.63, 3.8) is 0 Å². The lowest BCUT2D eigenvalue weighted by atomic mass is 10.1. The Labute approximate surface area is 118 Å². The van der Waals surface area contributed by atoms with E-state index in [0.717, 1.165) is 37.8 Å². The highest BCUT2D eigenvalue weighted by Gasteiger charge is 2.15. The molecule has 104 valence electrons. The summed E-state index contributed by atoms with van der Waals surface area (Å²) in [4.78, 5) is 11.1. The minimum atomic E-state index is 0.543. The van der Waals surface area contributed by atoms with Crippen LogP contribution in [0.25, 0.3) is 0 Å². The predicted octanol–water partition coefficient (Wildman–Crippen LogP) is 1.19. The van der Waals surface area contributed by atoms with Crippen molar-refractivity contribution in [1.82, 2.24) is 15.3 Å². The molecule has 0 radical (unpaired) electrons. The average molecular weight is 279 g/mol. The Bertz CT molecular complexity index is 402. The maximum Gasteiger partial charge on any atom is 0.134 e. The monoisotopic (exact) mass is 279 g/mol. The van der Waals surface area contributed by atoms with Crippen molar-refractivity contribution in [3.05, 3.63) is 12.4 Å². The van der Waals surface area contributed by atoms with Gasteiger partial charge < -0.3 is 15.5 Å². The molecule has 0 saturated carbocycles. The molecule has 3 heterocycles. The van der Waals surface area contributed by atoms with Crippen molar-refractivity contribution in [1.29, 1.82) is 0 Å². The second-order valence-corrected chi connectivity index (χ2v) is 6.25. The predicted molar refractivity (Wildman–Crippen MR) is 81.1 cm³/mol. The summed E-state index contributed by atoms with van der Waals surface area (Å²) in [5.74, 6) is 4.42. The van der Waals surface area contributed by atoms with Crippen LogP contribution in [-0.2, 0) is 0 Å². The molecule has 2 saturated heterocycles. The minimum absolute atomic E-state index is 0.543. The zero-order chi connectivity index (χ0) is 12.9. The van der Waals surface area contributed by atoms with Gasteiger partial charge in [0.15, 0.2) is 0 Å². The molecule has 1 aromatic heterocycles. The van der Waals surface area contributed by atoms with Crippen molar-refractivity contribution >= 4 is 23.4 Å². The van der Waals surface area contributed by atoms with Crippen molar-refractivity contribution in [3.8, 4) is 0 Å². The molecule has 0 bridgehead atoms. The first-order valence-electron chi connectivity index (χ1n) is 7.04. The Morgan fingerprint density at radius 3 is 2.79 bits per heavy atom. The summed E-state index contributed by atoms with van der Waals surface area (Å²) in [6.07, 6.45) is 4.01. The van der Waals surface area contributed by atoms with Gasteiger partial charge in [0.05, 0.1) is 0 Å². The lowest BCUT2D eigenvalue weighted by molar-refractivity contribution is 0.478. The molecule has 2 fully saturated rings. The second-order valence-electron chi connectivity index (χ2n) is 5.03. The maximum absolute atomic E-state index is 4.41. The van der Waals surface area contributed by atoms with E-state index in [1.165, 1.54) is 24.3 Å². The first-order valence-corrected chi connectivity index (χ1v) is 8.19. The fourth-order valence-corrected chi connectivity index (χ4v) is 3.47. The van der Waals surface area contributed by atoms with E-state index in [2.05, 4.69) is 31.6 Å².